The number of rotatable bonds is 7. The molecule has 0 spiro atoms. The van der Waals surface area contributed by atoms with Crippen molar-refractivity contribution < 1.29 is 36.6 Å². The first-order valence-corrected chi connectivity index (χ1v) is 7.21. The second-order valence-corrected chi connectivity index (χ2v) is 5.29. The monoisotopic (exact) mass is 368 g/mol. The molecule has 3 N–H and O–H groups in total. The van der Waals surface area contributed by atoms with Crippen molar-refractivity contribution in [3.05, 3.63) is 35.9 Å². The maximum Gasteiger partial charge on any atom is 0.471 e. The zero-order valence-electron chi connectivity index (χ0n) is 13.1. The molecule has 0 aliphatic carbocycles. The van der Waals surface area contributed by atoms with Gasteiger partial charge in [0.1, 0.15) is 0 Å². The summed E-state index contributed by atoms with van der Waals surface area (Å²) in [6.07, 6.45) is -12.0. The minimum atomic E-state index is -5.33. The Kier molecular flexibility index (Phi) is 7.28. The fourth-order valence-electron chi connectivity index (χ4n) is 2.02. The first-order chi connectivity index (χ1) is 11.5. The Labute approximate surface area is 140 Å². The standard InChI is InChI=1S/C15H17F5N2O3/c1-8(9-5-3-2-4-6-9)21-13(24)12(23)10(7-11(16)17)22-14(25)15(18,19)20/h2-6,8,10-12,23H,7H2,1H3,(H,21,24)(H,22,25)/t8-,10-,12?/m0/s1. The van der Waals surface area contributed by atoms with Gasteiger partial charge in [-0.2, -0.15) is 13.2 Å². The van der Waals surface area contributed by atoms with Crippen molar-refractivity contribution in [2.75, 3.05) is 0 Å². The van der Waals surface area contributed by atoms with Gasteiger partial charge in [0, 0.05) is 6.42 Å². The Morgan fingerprint density at radius 2 is 1.68 bits per heavy atom. The lowest BCUT2D eigenvalue weighted by Crippen LogP contribution is -2.54. The minimum absolute atomic E-state index is 0.631. The SMILES string of the molecule is C[C@H](NC(=O)C(O)[C@H](CC(F)F)NC(=O)C(F)(F)F)c1ccccc1. The molecule has 140 valence electrons. The molecular weight excluding hydrogens is 351 g/mol. The van der Waals surface area contributed by atoms with Gasteiger partial charge in [0.2, 0.25) is 6.43 Å². The van der Waals surface area contributed by atoms with Gasteiger partial charge in [-0.05, 0) is 12.5 Å². The van der Waals surface area contributed by atoms with E-state index in [-0.39, 0.29) is 0 Å². The Bertz CT molecular complexity index is 580. The smallest absolute Gasteiger partial charge is 0.381 e. The average Bonchev–Trinajstić information content (AvgIpc) is 2.52. The third-order valence-corrected chi connectivity index (χ3v) is 3.31. The van der Waals surface area contributed by atoms with E-state index in [1.807, 2.05) is 0 Å². The summed E-state index contributed by atoms with van der Waals surface area (Å²) in [4.78, 5) is 22.8. The van der Waals surface area contributed by atoms with Crippen LogP contribution in [0.5, 0.6) is 0 Å². The molecule has 1 unspecified atom stereocenters. The van der Waals surface area contributed by atoms with Crippen LogP contribution in [0, 0.1) is 0 Å². The molecule has 0 heterocycles. The van der Waals surface area contributed by atoms with Crippen LogP contribution >= 0.6 is 0 Å². The predicted octanol–water partition coefficient (Wildman–Crippen LogP) is 1.93. The number of amides is 2. The van der Waals surface area contributed by atoms with Crippen molar-refractivity contribution in [3.8, 4) is 0 Å². The summed E-state index contributed by atoms with van der Waals surface area (Å²) in [7, 11) is 0. The lowest BCUT2D eigenvalue weighted by atomic mass is 10.0. The largest absolute Gasteiger partial charge is 0.471 e. The van der Waals surface area contributed by atoms with Crippen molar-refractivity contribution in [2.45, 2.75) is 44.1 Å². The predicted molar refractivity (Wildman–Crippen MR) is 77.6 cm³/mol. The van der Waals surface area contributed by atoms with Crippen LogP contribution in [-0.4, -0.2) is 41.7 Å². The van der Waals surface area contributed by atoms with E-state index in [1.54, 1.807) is 30.3 Å². The Hall–Kier alpha value is -2.23. The number of halogens is 5. The first-order valence-electron chi connectivity index (χ1n) is 7.21. The van der Waals surface area contributed by atoms with Crippen LogP contribution in [0.15, 0.2) is 30.3 Å². The summed E-state index contributed by atoms with van der Waals surface area (Å²) in [5.74, 6) is -3.69. The molecule has 10 heteroatoms. The van der Waals surface area contributed by atoms with E-state index < -0.39 is 49.0 Å². The van der Waals surface area contributed by atoms with E-state index in [0.29, 0.717) is 5.56 Å². The Morgan fingerprint density at radius 3 is 2.16 bits per heavy atom. The fraction of sp³-hybridized carbons (Fsp3) is 0.467. The van der Waals surface area contributed by atoms with Crippen LogP contribution < -0.4 is 10.6 Å². The molecule has 25 heavy (non-hydrogen) atoms. The maximum absolute atomic E-state index is 12.5. The van der Waals surface area contributed by atoms with E-state index in [0.717, 1.165) is 0 Å². The average molecular weight is 368 g/mol. The molecule has 0 aliphatic heterocycles. The van der Waals surface area contributed by atoms with Crippen LogP contribution in [0.2, 0.25) is 0 Å². The first kappa shape index (κ1) is 20.8. The quantitative estimate of drug-likeness (QED) is 0.644. The lowest BCUT2D eigenvalue weighted by Gasteiger charge is -2.25. The lowest BCUT2D eigenvalue weighted by molar-refractivity contribution is -0.175. The number of aliphatic hydroxyl groups excluding tert-OH is 1. The highest BCUT2D eigenvalue weighted by atomic mass is 19.4. The number of nitrogens with one attached hydrogen (secondary N) is 2. The highest BCUT2D eigenvalue weighted by Crippen LogP contribution is 2.17. The number of carbonyl (C=O) groups excluding carboxylic acids is 2. The van der Waals surface area contributed by atoms with Crippen molar-refractivity contribution in [2.24, 2.45) is 0 Å². The summed E-state index contributed by atoms with van der Waals surface area (Å²) in [6, 6.07) is 5.66. The van der Waals surface area contributed by atoms with Gasteiger partial charge in [-0.15, -0.1) is 0 Å². The van der Waals surface area contributed by atoms with Gasteiger partial charge in [-0.3, -0.25) is 9.59 Å². The third kappa shape index (κ3) is 6.65. The maximum atomic E-state index is 12.5. The fourth-order valence-corrected chi connectivity index (χ4v) is 2.02. The van der Waals surface area contributed by atoms with Gasteiger partial charge in [0.15, 0.2) is 6.10 Å². The molecule has 0 fully saturated rings. The third-order valence-electron chi connectivity index (χ3n) is 3.31. The van der Waals surface area contributed by atoms with Crippen molar-refractivity contribution in [1.82, 2.24) is 10.6 Å². The molecule has 5 nitrogen and oxygen atoms in total. The zero-order chi connectivity index (χ0) is 19.2. The van der Waals surface area contributed by atoms with E-state index >= 15 is 0 Å². The van der Waals surface area contributed by atoms with Crippen LogP contribution in [-0.2, 0) is 9.59 Å². The molecule has 0 bridgehead atoms. The molecule has 0 radical (unpaired) electrons. The summed E-state index contributed by atoms with van der Waals surface area (Å²) >= 11 is 0. The molecule has 3 atom stereocenters. The van der Waals surface area contributed by atoms with Gasteiger partial charge in [-0.1, -0.05) is 30.3 Å². The number of hydrogen-bond acceptors (Lipinski definition) is 3. The molecule has 0 aromatic heterocycles. The van der Waals surface area contributed by atoms with Gasteiger partial charge in [-0.25, -0.2) is 8.78 Å². The summed E-state index contributed by atoms with van der Waals surface area (Å²) in [6.45, 7) is 1.54. The summed E-state index contributed by atoms with van der Waals surface area (Å²) in [5.41, 5.74) is 0.632. The minimum Gasteiger partial charge on any atom is -0.381 e. The van der Waals surface area contributed by atoms with Gasteiger partial charge in [0.25, 0.3) is 5.91 Å². The second kappa shape index (κ2) is 8.75. The summed E-state index contributed by atoms with van der Waals surface area (Å²) in [5, 5.41) is 13.3. The van der Waals surface area contributed by atoms with Crippen LogP contribution in [0.1, 0.15) is 24.9 Å². The van der Waals surface area contributed by atoms with E-state index in [2.05, 4.69) is 5.32 Å². The highest BCUT2D eigenvalue weighted by Gasteiger charge is 2.42. The number of aliphatic hydroxyl groups is 1. The van der Waals surface area contributed by atoms with Gasteiger partial charge >= 0.3 is 12.1 Å². The molecular formula is C15H17F5N2O3. The number of alkyl halides is 5. The Morgan fingerprint density at radius 1 is 1.12 bits per heavy atom. The Balaban J connectivity index is 2.80. The second-order valence-electron chi connectivity index (χ2n) is 5.29. The summed E-state index contributed by atoms with van der Waals surface area (Å²) < 4.78 is 61.8. The van der Waals surface area contributed by atoms with Crippen LogP contribution in [0.3, 0.4) is 0 Å². The molecule has 0 aliphatic rings. The highest BCUT2D eigenvalue weighted by molar-refractivity contribution is 5.85. The zero-order valence-corrected chi connectivity index (χ0v) is 13.1. The van der Waals surface area contributed by atoms with Crippen molar-refractivity contribution >= 4 is 11.8 Å². The number of hydrogen-bond donors (Lipinski definition) is 3. The molecule has 0 saturated heterocycles. The van der Waals surface area contributed by atoms with Crippen LogP contribution in [0.4, 0.5) is 22.0 Å². The normalized spacial score (nSPS) is 15.4. The van der Waals surface area contributed by atoms with E-state index in [1.165, 1.54) is 12.2 Å². The van der Waals surface area contributed by atoms with E-state index in [9.17, 15) is 36.6 Å². The molecule has 1 aromatic rings. The number of benzene rings is 1. The number of carbonyl (C=O) groups is 2. The van der Waals surface area contributed by atoms with Crippen LogP contribution in [0.25, 0.3) is 0 Å². The molecule has 1 aromatic carbocycles. The van der Waals surface area contributed by atoms with E-state index in [4.69, 9.17) is 0 Å². The molecule has 2 amide bonds. The molecule has 0 saturated carbocycles. The van der Waals surface area contributed by atoms with Gasteiger partial charge < -0.3 is 15.7 Å². The topological polar surface area (TPSA) is 78.4 Å². The van der Waals surface area contributed by atoms with Crippen molar-refractivity contribution in [1.29, 1.82) is 0 Å². The van der Waals surface area contributed by atoms with Gasteiger partial charge in [0.05, 0.1) is 12.1 Å². The van der Waals surface area contributed by atoms with Crippen molar-refractivity contribution in [3.63, 3.8) is 0 Å². The molecule has 1 rings (SSSR count).